The molecular formula is C8H4F5NO. The summed E-state index contributed by atoms with van der Waals surface area (Å²) in [6.07, 6.45) is -4.96. The minimum absolute atomic E-state index is 0.102. The first-order valence-corrected chi connectivity index (χ1v) is 3.59. The fraction of sp³-hybridized carbons (Fsp3) is 0.125. The lowest BCUT2D eigenvalue weighted by Crippen LogP contribution is -2.19. The summed E-state index contributed by atoms with van der Waals surface area (Å²) in [5.74, 6) is -4.72. The average molecular weight is 225 g/mol. The van der Waals surface area contributed by atoms with Crippen LogP contribution in [0.15, 0.2) is 12.1 Å². The van der Waals surface area contributed by atoms with Crippen molar-refractivity contribution in [2.75, 3.05) is 0 Å². The van der Waals surface area contributed by atoms with E-state index in [2.05, 4.69) is 5.73 Å². The molecule has 0 bridgehead atoms. The summed E-state index contributed by atoms with van der Waals surface area (Å²) >= 11 is 0. The zero-order valence-electron chi connectivity index (χ0n) is 7.03. The largest absolute Gasteiger partial charge is 0.417 e. The van der Waals surface area contributed by atoms with Crippen molar-refractivity contribution in [1.29, 1.82) is 0 Å². The van der Waals surface area contributed by atoms with Crippen molar-refractivity contribution in [3.63, 3.8) is 0 Å². The van der Waals surface area contributed by atoms with Gasteiger partial charge in [0.2, 0.25) is 5.91 Å². The number of halogens is 5. The highest BCUT2D eigenvalue weighted by Crippen LogP contribution is 2.33. The Kier molecular flexibility index (Phi) is 2.65. The second kappa shape index (κ2) is 3.48. The number of primary amides is 1. The molecular weight excluding hydrogens is 221 g/mol. The van der Waals surface area contributed by atoms with Crippen molar-refractivity contribution in [1.82, 2.24) is 0 Å². The third-order valence-corrected chi connectivity index (χ3v) is 1.63. The zero-order valence-corrected chi connectivity index (χ0v) is 7.03. The smallest absolute Gasteiger partial charge is 0.366 e. The highest BCUT2D eigenvalue weighted by atomic mass is 19.4. The van der Waals surface area contributed by atoms with Crippen LogP contribution in [0.1, 0.15) is 15.9 Å². The molecule has 0 fully saturated rings. The van der Waals surface area contributed by atoms with Crippen molar-refractivity contribution in [2.45, 2.75) is 6.18 Å². The van der Waals surface area contributed by atoms with Crippen LogP contribution in [0.4, 0.5) is 22.0 Å². The molecule has 0 saturated heterocycles. The van der Waals surface area contributed by atoms with E-state index in [1.807, 2.05) is 0 Å². The van der Waals surface area contributed by atoms with Gasteiger partial charge >= 0.3 is 6.18 Å². The lowest BCUT2D eigenvalue weighted by molar-refractivity contribution is -0.138. The lowest BCUT2D eigenvalue weighted by Gasteiger charge is -2.10. The molecule has 0 aliphatic carbocycles. The van der Waals surface area contributed by atoms with Gasteiger partial charge in [-0.2, -0.15) is 13.2 Å². The van der Waals surface area contributed by atoms with Gasteiger partial charge in [0.05, 0.1) is 11.1 Å². The quantitative estimate of drug-likeness (QED) is 0.730. The average Bonchev–Trinajstić information content (AvgIpc) is 2.06. The summed E-state index contributed by atoms with van der Waals surface area (Å²) < 4.78 is 61.8. The van der Waals surface area contributed by atoms with E-state index in [9.17, 15) is 26.7 Å². The summed E-state index contributed by atoms with van der Waals surface area (Å²) in [6.45, 7) is 0. The van der Waals surface area contributed by atoms with Crippen LogP contribution in [0.3, 0.4) is 0 Å². The Bertz CT molecular complexity index is 412. The van der Waals surface area contributed by atoms with E-state index in [1.165, 1.54) is 0 Å². The molecule has 0 saturated carbocycles. The van der Waals surface area contributed by atoms with Gasteiger partial charge in [0.25, 0.3) is 0 Å². The van der Waals surface area contributed by atoms with Crippen LogP contribution in [0.5, 0.6) is 0 Å². The monoisotopic (exact) mass is 225 g/mol. The molecule has 0 aromatic heterocycles. The van der Waals surface area contributed by atoms with Crippen LogP contribution in [0.25, 0.3) is 0 Å². The molecule has 2 N–H and O–H groups in total. The maximum atomic E-state index is 12.6. The van der Waals surface area contributed by atoms with Crippen molar-refractivity contribution in [3.05, 3.63) is 34.9 Å². The molecule has 0 aliphatic rings. The van der Waals surface area contributed by atoms with E-state index < -0.39 is 34.8 Å². The number of amides is 1. The van der Waals surface area contributed by atoms with Gasteiger partial charge in [-0.1, -0.05) is 0 Å². The van der Waals surface area contributed by atoms with Gasteiger partial charge in [0.15, 0.2) is 11.6 Å². The van der Waals surface area contributed by atoms with Crippen LogP contribution in [-0.2, 0) is 6.18 Å². The topological polar surface area (TPSA) is 43.1 Å². The molecule has 0 radical (unpaired) electrons. The Hall–Kier alpha value is -1.66. The summed E-state index contributed by atoms with van der Waals surface area (Å²) in [7, 11) is 0. The van der Waals surface area contributed by atoms with E-state index >= 15 is 0 Å². The van der Waals surface area contributed by atoms with Crippen LogP contribution >= 0.6 is 0 Å². The Morgan fingerprint density at radius 3 is 2.00 bits per heavy atom. The highest BCUT2D eigenvalue weighted by molar-refractivity contribution is 5.94. The van der Waals surface area contributed by atoms with E-state index in [1.54, 1.807) is 0 Å². The maximum Gasteiger partial charge on any atom is 0.417 e. The molecule has 0 unspecified atom stereocenters. The number of benzene rings is 1. The molecule has 1 aromatic rings. The minimum atomic E-state index is -4.96. The highest BCUT2D eigenvalue weighted by Gasteiger charge is 2.36. The second-order valence-corrected chi connectivity index (χ2v) is 2.67. The summed E-state index contributed by atoms with van der Waals surface area (Å²) in [4.78, 5) is 10.6. The van der Waals surface area contributed by atoms with Crippen LogP contribution in [0, 0.1) is 11.6 Å². The molecule has 15 heavy (non-hydrogen) atoms. The molecule has 0 heterocycles. The number of carbonyl (C=O) groups is 1. The first-order valence-electron chi connectivity index (χ1n) is 3.59. The van der Waals surface area contributed by atoms with Gasteiger partial charge in [-0.05, 0) is 12.1 Å². The summed E-state index contributed by atoms with van der Waals surface area (Å²) in [5, 5.41) is 0. The molecule has 1 aromatic carbocycles. The Morgan fingerprint density at radius 2 is 1.60 bits per heavy atom. The van der Waals surface area contributed by atoms with Gasteiger partial charge in [-0.15, -0.1) is 0 Å². The van der Waals surface area contributed by atoms with Crippen LogP contribution < -0.4 is 5.73 Å². The van der Waals surface area contributed by atoms with Crippen molar-refractivity contribution < 1.29 is 26.7 Å². The van der Waals surface area contributed by atoms with Crippen molar-refractivity contribution in [3.8, 4) is 0 Å². The van der Waals surface area contributed by atoms with E-state index in [-0.39, 0.29) is 12.1 Å². The molecule has 0 spiro atoms. The van der Waals surface area contributed by atoms with E-state index in [0.717, 1.165) is 0 Å². The minimum Gasteiger partial charge on any atom is -0.366 e. The molecule has 7 heteroatoms. The SMILES string of the molecule is NC(=O)c1cc(F)c(F)cc1C(F)(F)F. The normalized spacial score (nSPS) is 11.5. The number of nitrogens with two attached hydrogens (primary N) is 1. The predicted octanol–water partition coefficient (Wildman–Crippen LogP) is 2.08. The summed E-state index contributed by atoms with van der Waals surface area (Å²) in [6, 6.07) is 0.0237. The first-order chi connectivity index (χ1) is 6.73. The third-order valence-electron chi connectivity index (χ3n) is 1.63. The van der Waals surface area contributed by atoms with E-state index in [4.69, 9.17) is 0 Å². The Balaban J connectivity index is 3.49. The van der Waals surface area contributed by atoms with Crippen LogP contribution in [0.2, 0.25) is 0 Å². The van der Waals surface area contributed by atoms with Crippen LogP contribution in [-0.4, -0.2) is 5.91 Å². The maximum absolute atomic E-state index is 12.6. The molecule has 0 aliphatic heterocycles. The molecule has 0 atom stereocenters. The van der Waals surface area contributed by atoms with Crippen molar-refractivity contribution >= 4 is 5.91 Å². The lowest BCUT2D eigenvalue weighted by atomic mass is 10.1. The Morgan fingerprint density at radius 1 is 1.13 bits per heavy atom. The van der Waals surface area contributed by atoms with Gasteiger partial charge in [-0.3, -0.25) is 4.79 Å². The van der Waals surface area contributed by atoms with Gasteiger partial charge in [-0.25, -0.2) is 8.78 Å². The fourth-order valence-corrected chi connectivity index (χ4v) is 0.985. The molecule has 2 nitrogen and oxygen atoms in total. The number of carbonyl (C=O) groups excluding carboxylic acids is 1. The summed E-state index contributed by atoms with van der Waals surface area (Å²) in [5.41, 5.74) is 1.92. The fourth-order valence-electron chi connectivity index (χ4n) is 0.985. The van der Waals surface area contributed by atoms with Crippen molar-refractivity contribution in [2.24, 2.45) is 5.73 Å². The first kappa shape index (κ1) is 11.4. The zero-order chi connectivity index (χ0) is 11.8. The van der Waals surface area contributed by atoms with E-state index in [0.29, 0.717) is 0 Å². The molecule has 1 amide bonds. The number of alkyl halides is 3. The number of rotatable bonds is 1. The second-order valence-electron chi connectivity index (χ2n) is 2.67. The third kappa shape index (κ3) is 2.23. The Labute approximate surface area is 80.5 Å². The molecule has 1 rings (SSSR count). The van der Waals surface area contributed by atoms with Gasteiger partial charge < -0.3 is 5.73 Å². The number of hydrogen-bond donors (Lipinski definition) is 1. The number of hydrogen-bond acceptors (Lipinski definition) is 1. The standard InChI is InChI=1S/C8H4F5NO/c9-5-1-3(7(14)15)4(2-6(5)10)8(11,12)13/h1-2H,(H2,14,15). The van der Waals surface area contributed by atoms with Gasteiger partial charge in [0, 0.05) is 0 Å². The van der Waals surface area contributed by atoms with Gasteiger partial charge in [0.1, 0.15) is 0 Å². The predicted molar refractivity (Wildman–Crippen MR) is 39.9 cm³/mol. The molecule has 82 valence electrons.